The zero-order valence-electron chi connectivity index (χ0n) is 12.2. The van der Waals surface area contributed by atoms with Crippen LogP contribution in [0.1, 0.15) is 11.1 Å². The second-order valence-corrected chi connectivity index (χ2v) is 5.36. The first kappa shape index (κ1) is 15.1. The molecule has 21 heavy (non-hydrogen) atoms. The van der Waals surface area contributed by atoms with Crippen molar-refractivity contribution >= 4 is 5.97 Å². The molecule has 4 heteroatoms. The number of phenols is 1. The maximum atomic E-state index is 10.8. The molecule has 0 spiro atoms. The molecule has 0 atom stereocenters. The van der Waals surface area contributed by atoms with E-state index in [1.165, 1.54) is 5.56 Å². The van der Waals surface area contributed by atoms with E-state index in [1.807, 2.05) is 38.4 Å². The first-order valence-electron chi connectivity index (χ1n) is 6.73. The molecule has 0 aliphatic heterocycles. The van der Waals surface area contributed by atoms with Crippen LogP contribution in [-0.2, 0) is 17.8 Å². The summed E-state index contributed by atoms with van der Waals surface area (Å²) in [6.45, 7) is 0.852. The molecule has 0 unspecified atom stereocenters. The monoisotopic (exact) mass is 285 g/mol. The van der Waals surface area contributed by atoms with Gasteiger partial charge in [0.2, 0.25) is 0 Å². The van der Waals surface area contributed by atoms with E-state index in [9.17, 15) is 9.90 Å². The van der Waals surface area contributed by atoms with Crippen molar-refractivity contribution in [3.8, 4) is 16.9 Å². The zero-order chi connectivity index (χ0) is 15.4. The summed E-state index contributed by atoms with van der Waals surface area (Å²) in [5, 5.41) is 18.8. The fraction of sp³-hybridized carbons (Fsp3) is 0.235. The van der Waals surface area contributed by atoms with Gasteiger partial charge in [-0.05, 0) is 42.9 Å². The highest BCUT2D eigenvalue weighted by Crippen LogP contribution is 2.30. The number of hydrogen-bond acceptors (Lipinski definition) is 3. The lowest BCUT2D eigenvalue weighted by molar-refractivity contribution is -0.136. The van der Waals surface area contributed by atoms with E-state index in [-0.39, 0.29) is 12.2 Å². The van der Waals surface area contributed by atoms with Crippen molar-refractivity contribution in [2.45, 2.75) is 13.0 Å². The molecular weight excluding hydrogens is 266 g/mol. The minimum absolute atomic E-state index is 0.0496. The predicted octanol–water partition coefficient (Wildman–Crippen LogP) is 2.75. The third-order valence-corrected chi connectivity index (χ3v) is 3.18. The second kappa shape index (κ2) is 6.41. The summed E-state index contributed by atoms with van der Waals surface area (Å²) >= 11 is 0. The number of benzene rings is 2. The van der Waals surface area contributed by atoms with Gasteiger partial charge in [0.15, 0.2) is 0 Å². The Labute approximate surface area is 124 Å². The summed E-state index contributed by atoms with van der Waals surface area (Å²) in [6.07, 6.45) is -0.0496. The van der Waals surface area contributed by atoms with Gasteiger partial charge in [-0.25, -0.2) is 0 Å². The quantitative estimate of drug-likeness (QED) is 0.886. The van der Waals surface area contributed by atoms with Gasteiger partial charge in [0.05, 0.1) is 6.42 Å². The van der Waals surface area contributed by atoms with E-state index in [1.54, 1.807) is 18.2 Å². The lowest BCUT2D eigenvalue weighted by Gasteiger charge is -2.11. The molecule has 0 saturated carbocycles. The Kier molecular flexibility index (Phi) is 4.60. The molecule has 2 rings (SSSR count). The standard InChI is InChI=1S/C17H19NO3/c1-18(2)11-12-3-6-14(7-4-12)15-9-13(10-17(20)21)5-8-16(15)19/h3-9,19H,10-11H2,1-2H3,(H,20,21). The van der Waals surface area contributed by atoms with E-state index in [0.717, 1.165) is 12.1 Å². The Balaban J connectivity index is 2.30. The van der Waals surface area contributed by atoms with Gasteiger partial charge < -0.3 is 15.1 Å². The summed E-state index contributed by atoms with van der Waals surface area (Å²) in [5.41, 5.74) is 3.39. The highest BCUT2D eigenvalue weighted by molar-refractivity contribution is 5.74. The smallest absolute Gasteiger partial charge is 0.307 e. The molecule has 0 aliphatic carbocycles. The minimum Gasteiger partial charge on any atom is -0.507 e. The van der Waals surface area contributed by atoms with Crippen molar-refractivity contribution < 1.29 is 15.0 Å². The number of rotatable bonds is 5. The average molecular weight is 285 g/mol. The summed E-state index contributed by atoms with van der Waals surface area (Å²) in [4.78, 5) is 12.9. The molecule has 0 aromatic heterocycles. The Hall–Kier alpha value is -2.33. The topological polar surface area (TPSA) is 60.8 Å². The maximum Gasteiger partial charge on any atom is 0.307 e. The largest absolute Gasteiger partial charge is 0.507 e. The Morgan fingerprint density at radius 2 is 1.67 bits per heavy atom. The Morgan fingerprint density at radius 1 is 1.05 bits per heavy atom. The minimum atomic E-state index is -0.882. The number of nitrogens with zero attached hydrogens (tertiary/aromatic N) is 1. The van der Waals surface area contributed by atoms with Crippen molar-refractivity contribution in [3.05, 3.63) is 53.6 Å². The van der Waals surface area contributed by atoms with Gasteiger partial charge in [0.1, 0.15) is 5.75 Å². The number of phenolic OH excluding ortho intramolecular Hbond substituents is 1. The normalized spacial score (nSPS) is 10.8. The SMILES string of the molecule is CN(C)Cc1ccc(-c2cc(CC(=O)O)ccc2O)cc1. The van der Waals surface area contributed by atoms with E-state index in [4.69, 9.17) is 5.11 Å². The Morgan fingerprint density at radius 3 is 2.24 bits per heavy atom. The number of carbonyl (C=O) groups is 1. The van der Waals surface area contributed by atoms with Crippen LogP contribution in [0.5, 0.6) is 5.75 Å². The van der Waals surface area contributed by atoms with Gasteiger partial charge in [0.25, 0.3) is 0 Å². The molecule has 0 saturated heterocycles. The van der Waals surface area contributed by atoms with Gasteiger partial charge >= 0.3 is 5.97 Å². The highest BCUT2D eigenvalue weighted by Gasteiger charge is 2.08. The predicted molar refractivity (Wildman–Crippen MR) is 82.3 cm³/mol. The molecular formula is C17H19NO3. The van der Waals surface area contributed by atoms with Gasteiger partial charge in [-0.2, -0.15) is 0 Å². The molecule has 0 fully saturated rings. The summed E-state index contributed by atoms with van der Waals surface area (Å²) in [7, 11) is 4.02. The first-order chi connectivity index (χ1) is 9.95. The molecule has 0 radical (unpaired) electrons. The zero-order valence-corrected chi connectivity index (χ0v) is 12.2. The molecule has 0 amide bonds. The lowest BCUT2D eigenvalue weighted by Crippen LogP contribution is -2.10. The molecule has 4 nitrogen and oxygen atoms in total. The molecule has 0 bridgehead atoms. The van der Waals surface area contributed by atoms with Crippen molar-refractivity contribution in [2.24, 2.45) is 0 Å². The van der Waals surface area contributed by atoms with Crippen molar-refractivity contribution in [2.75, 3.05) is 14.1 Å². The molecule has 0 aliphatic rings. The lowest BCUT2D eigenvalue weighted by atomic mass is 9.99. The van der Waals surface area contributed by atoms with Crippen LogP contribution in [0.15, 0.2) is 42.5 Å². The molecule has 2 aromatic rings. The van der Waals surface area contributed by atoms with Crippen LogP contribution in [0.4, 0.5) is 0 Å². The van der Waals surface area contributed by atoms with Gasteiger partial charge in [0, 0.05) is 12.1 Å². The van der Waals surface area contributed by atoms with Gasteiger partial charge in [-0.1, -0.05) is 30.3 Å². The van der Waals surface area contributed by atoms with E-state index in [0.29, 0.717) is 11.1 Å². The van der Waals surface area contributed by atoms with E-state index >= 15 is 0 Å². The van der Waals surface area contributed by atoms with Crippen molar-refractivity contribution in [3.63, 3.8) is 0 Å². The van der Waals surface area contributed by atoms with Gasteiger partial charge in [-0.3, -0.25) is 4.79 Å². The third-order valence-electron chi connectivity index (χ3n) is 3.18. The van der Waals surface area contributed by atoms with E-state index in [2.05, 4.69) is 4.90 Å². The molecule has 110 valence electrons. The number of hydrogen-bond donors (Lipinski definition) is 2. The number of carboxylic acids is 1. The van der Waals surface area contributed by atoms with Crippen molar-refractivity contribution in [1.29, 1.82) is 0 Å². The highest BCUT2D eigenvalue weighted by atomic mass is 16.4. The van der Waals surface area contributed by atoms with Crippen LogP contribution in [-0.4, -0.2) is 35.2 Å². The number of aliphatic carboxylic acids is 1. The van der Waals surface area contributed by atoms with Crippen molar-refractivity contribution in [1.82, 2.24) is 4.90 Å². The van der Waals surface area contributed by atoms with Gasteiger partial charge in [-0.15, -0.1) is 0 Å². The summed E-state index contributed by atoms with van der Waals surface area (Å²) in [6, 6.07) is 12.8. The molecule has 2 aromatic carbocycles. The van der Waals surface area contributed by atoms with Crippen LogP contribution in [0.25, 0.3) is 11.1 Å². The van der Waals surface area contributed by atoms with Crippen LogP contribution in [0.3, 0.4) is 0 Å². The summed E-state index contributed by atoms with van der Waals surface area (Å²) in [5.74, 6) is -0.725. The second-order valence-electron chi connectivity index (χ2n) is 5.36. The van der Waals surface area contributed by atoms with Crippen LogP contribution < -0.4 is 0 Å². The molecule has 2 N–H and O–H groups in total. The fourth-order valence-corrected chi connectivity index (χ4v) is 2.25. The first-order valence-corrected chi connectivity index (χ1v) is 6.73. The fourth-order valence-electron chi connectivity index (χ4n) is 2.25. The third kappa shape index (κ3) is 4.07. The number of carboxylic acid groups (broad SMARTS) is 1. The number of aromatic hydroxyl groups is 1. The maximum absolute atomic E-state index is 10.8. The van der Waals surface area contributed by atoms with Crippen LogP contribution >= 0.6 is 0 Å². The molecule has 0 heterocycles. The van der Waals surface area contributed by atoms with E-state index < -0.39 is 5.97 Å². The van der Waals surface area contributed by atoms with Crippen LogP contribution in [0.2, 0.25) is 0 Å². The summed E-state index contributed by atoms with van der Waals surface area (Å²) < 4.78 is 0. The average Bonchev–Trinajstić information content (AvgIpc) is 2.41. The Bertz CT molecular complexity index is 633. The van der Waals surface area contributed by atoms with Crippen LogP contribution in [0, 0.1) is 0 Å².